The SMILES string of the molecule is N#Cc1ccc([N+](=O)[O-])cc1NC[C@]12CC[C@H](C1)C1(C2)O[C@@H](c2ccccc2)[C@H](c2ccccc2)O1. The lowest BCUT2D eigenvalue weighted by molar-refractivity contribution is -0.384. The van der Waals surface area contributed by atoms with Gasteiger partial charge in [-0.1, -0.05) is 60.7 Å². The van der Waals surface area contributed by atoms with Gasteiger partial charge in [-0.3, -0.25) is 10.1 Å². The van der Waals surface area contributed by atoms with Crippen molar-refractivity contribution in [2.24, 2.45) is 11.3 Å². The number of anilines is 1. The monoisotopic (exact) mass is 481 g/mol. The van der Waals surface area contributed by atoms with Gasteiger partial charge >= 0.3 is 0 Å². The van der Waals surface area contributed by atoms with E-state index in [0.717, 1.165) is 36.8 Å². The highest BCUT2D eigenvalue weighted by Gasteiger charge is 2.65. The Morgan fingerprint density at radius 2 is 1.64 bits per heavy atom. The summed E-state index contributed by atoms with van der Waals surface area (Å²) in [5.74, 6) is -0.387. The van der Waals surface area contributed by atoms with Gasteiger partial charge in [0.1, 0.15) is 18.3 Å². The predicted octanol–water partition coefficient (Wildman–Crippen LogP) is 6.29. The van der Waals surface area contributed by atoms with Gasteiger partial charge in [-0.05, 0) is 41.9 Å². The van der Waals surface area contributed by atoms with Crippen LogP contribution in [0.25, 0.3) is 0 Å². The molecule has 7 nitrogen and oxygen atoms in total. The second-order valence-electron chi connectivity index (χ2n) is 10.3. The summed E-state index contributed by atoms with van der Waals surface area (Å²) in [6, 6.07) is 27.0. The first kappa shape index (κ1) is 22.7. The summed E-state index contributed by atoms with van der Waals surface area (Å²) in [6.07, 6.45) is 3.35. The van der Waals surface area contributed by atoms with Gasteiger partial charge in [0.15, 0.2) is 5.79 Å². The van der Waals surface area contributed by atoms with E-state index < -0.39 is 10.7 Å². The molecule has 3 aromatic rings. The van der Waals surface area contributed by atoms with Crippen LogP contribution in [0, 0.1) is 32.8 Å². The third kappa shape index (κ3) is 3.83. The molecule has 182 valence electrons. The Hall–Kier alpha value is -3.73. The molecule has 1 aliphatic heterocycles. The van der Waals surface area contributed by atoms with Crippen LogP contribution in [-0.2, 0) is 9.47 Å². The number of nitrogens with zero attached hydrogens (tertiary/aromatic N) is 2. The summed E-state index contributed by atoms with van der Waals surface area (Å²) < 4.78 is 13.8. The molecule has 1 spiro atoms. The van der Waals surface area contributed by atoms with E-state index >= 15 is 0 Å². The highest BCUT2D eigenvalue weighted by atomic mass is 16.8. The number of nitro benzene ring substituents is 1. The summed E-state index contributed by atoms with van der Waals surface area (Å²) in [5, 5.41) is 24.2. The second-order valence-corrected chi connectivity index (χ2v) is 10.3. The van der Waals surface area contributed by atoms with Crippen LogP contribution in [0.15, 0.2) is 78.9 Å². The Morgan fingerprint density at radius 1 is 1.00 bits per heavy atom. The maximum atomic E-state index is 11.3. The molecule has 0 radical (unpaired) electrons. The summed E-state index contributed by atoms with van der Waals surface area (Å²) in [5.41, 5.74) is 3.03. The topological polar surface area (TPSA) is 97.4 Å². The maximum Gasteiger partial charge on any atom is 0.271 e. The molecule has 3 aromatic carbocycles. The van der Waals surface area contributed by atoms with Crippen LogP contribution >= 0.6 is 0 Å². The Labute approximate surface area is 209 Å². The number of nitrogens with one attached hydrogen (secondary N) is 1. The van der Waals surface area contributed by atoms with E-state index in [4.69, 9.17) is 9.47 Å². The molecule has 0 amide bonds. The van der Waals surface area contributed by atoms with Gasteiger partial charge in [0, 0.05) is 31.0 Å². The number of benzene rings is 3. The van der Waals surface area contributed by atoms with Gasteiger partial charge in [0.05, 0.1) is 16.2 Å². The molecule has 7 heteroatoms. The molecular weight excluding hydrogens is 454 g/mol. The third-order valence-corrected chi connectivity index (χ3v) is 8.12. The van der Waals surface area contributed by atoms with E-state index in [1.54, 1.807) is 0 Å². The molecule has 2 bridgehead atoms. The van der Waals surface area contributed by atoms with Crippen LogP contribution in [0.1, 0.15) is 54.6 Å². The lowest BCUT2D eigenvalue weighted by Gasteiger charge is -2.36. The zero-order valence-electron chi connectivity index (χ0n) is 19.8. The molecule has 0 aromatic heterocycles. The fourth-order valence-electron chi connectivity index (χ4n) is 6.43. The Kier molecular flexibility index (Phi) is 5.51. The maximum absolute atomic E-state index is 11.3. The first-order valence-corrected chi connectivity index (χ1v) is 12.4. The van der Waals surface area contributed by atoms with Crippen molar-refractivity contribution in [2.75, 3.05) is 11.9 Å². The fraction of sp³-hybridized carbons (Fsp3) is 0.345. The lowest BCUT2D eigenvalue weighted by atomic mass is 9.82. The van der Waals surface area contributed by atoms with E-state index in [9.17, 15) is 15.4 Å². The Morgan fingerprint density at radius 3 is 2.22 bits per heavy atom. The van der Waals surface area contributed by atoms with Gasteiger partial charge in [0.2, 0.25) is 0 Å². The number of rotatable bonds is 6. The molecule has 1 heterocycles. The van der Waals surface area contributed by atoms with Crippen molar-refractivity contribution >= 4 is 11.4 Å². The molecule has 0 unspecified atom stereocenters. The largest absolute Gasteiger partial charge is 0.383 e. The molecule has 3 fully saturated rings. The highest BCUT2D eigenvalue weighted by Crippen LogP contribution is 2.66. The van der Waals surface area contributed by atoms with Crippen molar-refractivity contribution in [3.05, 3.63) is 106 Å². The van der Waals surface area contributed by atoms with Crippen molar-refractivity contribution in [2.45, 2.75) is 43.7 Å². The molecule has 6 rings (SSSR count). The van der Waals surface area contributed by atoms with Crippen molar-refractivity contribution in [1.29, 1.82) is 5.26 Å². The van der Waals surface area contributed by atoms with E-state index in [0.29, 0.717) is 17.8 Å². The third-order valence-electron chi connectivity index (χ3n) is 8.12. The minimum Gasteiger partial charge on any atom is -0.383 e. The molecule has 3 aliphatic rings. The van der Waals surface area contributed by atoms with Crippen molar-refractivity contribution in [1.82, 2.24) is 0 Å². The predicted molar refractivity (Wildman–Crippen MR) is 134 cm³/mol. The van der Waals surface area contributed by atoms with Crippen LogP contribution in [0.5, 0.6) is 0 Å². The van der Waals surface area contributed by atoms with Crippen LogP contribution < -0.4 is 5.32 Å². The number of fused-ring (bicyclic) bond motifs is 3. The first-order chi connectivity index (χ1) is 17.5. The average molecular weight is 482 g/mol. The second kappa shape index (κ2) is 8.74. The highest BCUT2D eigenvalue weighted by molar-refractivity contribution is 5.62. The molecule has 2 saturated carbocycles. The van der Waals surface area contributed by atoms with Crippen molar-refractivity contribution in [3.8, 4) is 6.07 Å². The summed E-state index contributed by atoms with van der Waals surface area (Å²) in [6.45, 7) is 0.611. The first-order valence-electron chi connectivity index (χ1n) is 12.4. The molecule has 2 aliphatic carbocycles. The van der Waals surface area contributed by atoms with E-state index in [2.05, 4.69) is 35.7 Å². The van der Waals surface area contributed by atoms with Crippen LogP contribution in [0.4, 0.5) is 11.4 Å². The quantitative estimate of drug-likeness (QED) is 0.328. The van der Waals surface area contributed by atoms with Gasteiger partial charge in [-0.15, -0.1) is 0 Å². The Balaban J connectivity index is 1.27. The fourth-order valence-corrected chi connectivity index (χ4v) is 6.43. The van der Waals surface area contributed by atoms with Crippen LogP contribution in [-0.4, -0.2) is 17.3 Å². The molecular formula is C29H27N3O4. The minimum absolute atomic E-state index is 0.0277. The standard InChI is InChI=1S/C29H27N3O4/c30-17-22-11-12-24(32(33)34)15-25(22)31-19-28-14-13-23(16-28)29(18-28)35-26(20-7-3-1-4-8-20)27(36-29)21-9-5-2-6-10-21/h1-12,15,23,26-27,31H,13-14,16,18-19H2/t23-,26+,27+,28-/m1/s1. The lowest BCUT2D eigenvalue weighted by Crippen LogP contribution is -2.40. The number of nitro groups is 1. The van der Waals surface area contributed by atoms with Gasteiger partial charge in [-0.25, -0.2) is 0 Å². The minimum atomic E-state index is -0.665. The summed E-state index contributed by atoms with van der Waals surface area (Å²) in [7, 11) is 0. The smallest absolute Gasteiger partial charge is 0.271 e. The number of ether oxygens (including phenoxy) is 2. The zero-order chi connectivity index (χ0) is 24.8. The number of hydrogen-bond acceptors (Lipinski definition) is 6. The molecule has 4 atom stereocenters. The van der Waals surface area contributed by atoms with Crippen LogP contribution in [0.3, 0.4) is 0 Å². The van der Waals surface area contributed by atoms with E-state index in [1.807, 2.05) is 36.4 Å². The summed E-state index contributed by atoms with van der Waals surface area (Å²) in [4.78, 5) is 10.8. The van der Waals surface area contributed by atoms with Gasteiger partial charge in [0.25, 0.3) is 5.69 Å². The van der Waals surface area contributed by atoms with Crippen molar-refractivity contribution in [3.63, 3.8) is 0 Å². The van der Waals surface area contributed by atoms with E-state index in [1.165, 1.54) is 18.2 Å². The number of nitriles is 1. The number of non-ortho nitro benzene ring substituents is 1. The molecule has 1 N–H and O–H groups in total. The zero-order valence-corrected chi connectivity index (χ0v) is 19.8. The van der Waals surface area contributed by atoms with Gasteiger partial charge < -0.3 is 14.8 Å². The normalized spacial score (nSPS) is 27.7. The van der Waals surface area contributed by atoms with Crippen molar-refractivity contribution < 1.29 is 14.4 Å². The Bertz CT molecular complexity index is 1280. The van der Waals surface area contributed by atoms with Crippen LogP contribution in [0.2, 0.25) is 0 Å². The average Bonchev–Trinajstić information content (AvgIpc) is 3.60. The number of hydrogen-bond donors (Lipinski definition) is 1. The van der Waals surface area contributed by atoms with E-state index in [-0.39, 0.29) is 29.2 Å². The summed E-state index contributed by atoms with van der Waals surface area (Å²) >= 11 is 0. The molecule has 36 heavy (non-hydrogen) atoms. The van der Waals surface area contributed by atoms with Gasteiger partial charge in [-0.2, -0.15) is 5.26 Å². The molecule has 1 saturated heterocycles.